The maximum Gasteiger partial charge on any atom is 0.297 e. The molecule has 3 N–H and O–H groups in total. The highest BCUT2D eigenvalue weighted by atomic mass is 16.4. The van der Waals surface area contributed by atoms with Gasteiger partial charge in [-0.2, -0.15) is 4.98 Å². The number of oxazole rings is 1. The van der Waals surface area contributed by atoms with Crippen LogP contribution in [0.15, 0.2) is 35.1 Å². The second-order valence-electron chi connectivity index (χ2n) is 5.51. The van der Waals surface area contributed by atoms with Gasteiger partial charge in [0.2, 0.25) is 0 Å². The summed E-state index contributed by atoms with van der Waals surface area (Å²) in [6, 6.07) is 6.23. The third-order valence-electron chi connectivity index (χ3n) is 3.60. The Kier molecular flexibility index (Phi) is 3.10. The normalized spacial score (nSPS) is 10.8. The summed E-state index contributed by atoms with van der Waals surface area (Å²) in [5.41, 5.74) is 9.69. The second-order valence-corrected chi connectivity index (χ2v) is 5.51. The van der Waals surface area contributed by atoms with E-state index in [-0.39, 0.29) is 0 Å². The highest BCUT2D eigenvalue weighted by Crippen LogP contribution is 2.22. The molecule has 3 aromatic heterocycles. The molecule has 0 spiro atoms. The third-order valence-corrected chi connectivity index (χ3v) is 3.60. The van der Waals surface area contributed by atoms with Gasteiger partial charge >= 0.3 is 0 Å². The number of nitrogens with two attached hydrogens (primary N) is 1. The molecular formula is C17H14N6O. The van der Waals surface area contributed by atoms with Gasteiger partial charge in [-0.05, 0) is 18.2 Å². The lowest BCUT2D eigenvalue weighted by molar-refractivity contribution is 0.597. The lowest BCUT2D eigenvalue weighted by atomic mass is 10.2. The van der Waals surface area contributed by atoms with Gasteiger partial charge in [-0.3, -0.25) is 0 Å². The molecule has 0 aliphatic carbocycles. The molecule has 1 aromatic carbocycles. The van der Waals surface area contributed by atoms with Crippen LogP contribution in [0.3, 0.4) is 0 Å². The van der Waals surface area contributed by atoms with Crippen molar-refractivity contribution in [3.63, 3.8) is 0 Å². The molecule has 118 valence electrons. The largest absolute Gasteiger partial charge is 0.423 e. The number of nitrogen functional groups attached to an aromatic ring is 1. The van der Waals surface area contributed by atoms with Gasteiger partial charge in [-0.25, -0.2) is 9.97 Å². The summed E-state index contributed by atoms with van der Waals surface area (Å²) in [5, 5.41) is 0.738. The van der Waals surface area contributed by atoms with Crippen LogP contribution in [0, 0.1) is 11.8 Å². The molecule has 4 aromatic rings. The van der Waals surface area contributed by atoms with E-state index in [1.807, 2.05) is 37.2 Å². The summed E-state index contributed by atoms with van der Waals surface area (Å²) in [4.78, 5) is 17.4. The zero-order valence-corrected chi connectivity index (χ0v) is 13.2. The number of anilines is 2. The summed E-state index contributed by atoms with van der Waals surface area (Å²) in [7, 11) is 3.77. The predicted octanol–water partition coefficient (Wildman–Crippen LogP) is 2.15. The standard InChI is InChI=1S/C17H14N6O/c1-23(2)17-22-12-7-10(4-6-13(12)24-17)3-5-11-8-19-16-14(11)15(18)20-9-21-16/h4,6-9H,1-2H3,(H3,18,19,20,21). The molecule has 0 aliphatic heterocycles. The van der Waals surface area contributed by atoms with Crippen molar-refractivity contribution in [3.05, 3.63) is 41.9 Å². The van der Waals surface area contributed by atoms with Crippen LogP contribution >= 0.6 is 0 Å². The Morgan fingerprint density at radius 1 is 1.21 bits per heavy atom. The minimum absolute atomic E-state index is 0.410. The van der Waals surface area contributed by atoms with Crippen molar-refractivity contribution in [1.82, 2.24) is 19.9 Å². The highest BCUT2D eigenvalue weighted by molar-refractivity contribution is 5.91. The van der Waals surface area contributed by atoms with Gasteiger partial charge < -0.3 is 20.0 Å². The van der Waals surface area contributed by atoms with E-state index in [4.69, 9.17) is 10.2 Å². The van der Waals surface area contributed by atoms with E-state index < -0.39 is 0 Å². The number of aromatic amines is 1. The molecule has 4 rings (SSSR count). The molecule has 0 saturated carbocycles. The number of hydrogen-bond acceptors (Lipinski definition) is 6. The first-order chi connectivity index (χ1) is 11.6. The number of H-pyrrole nitrogens is 1. The molecular weight excluding hydrogens is 304 g/mol. The van der Waals surface area contributed by atoms with Gasteiger partial charge in [0.15, 0.2) is 5.58 Å². The predicted molar refractivity (Wildman–Crippen MR) is 92.6 cm³/mol. The second kappa shape index (κ2) is 5.28. The van der Waals surface area contributed by atoms with Crippen molar-refractivity contribution in [2.75, 3.05) is 24.7 Å². The Morgan fingerprint density at radius 3 is 2.92 bits per heavy atom. The quantitative estimate of drug-likeness (QED) is 0.522. The minimum atomic E-state index is 0.410. The van der Waals surface area contributed by atoms with Crippen molar-refractivity contribution in [2.45, 2.75) is 0 Å². The Bertz CT molecular complexity index is 1110. The Balaban J connectivity index is 1.75. The average Bonchev–Trinajstić information content (AvgIpc) is 3.17. The van der Waals surface area contributed by atoms with Gasteiger partial charge in [-0.15, -0.1) is 0 Å². The Hall–Kier alpha value is -3.53. The maximum atomic E-state index is 5.91. The number of fused-ring (bicyclic) bond motifs is 2. The van der Waals surface area contributed by atoms with Crippen LogP contribution in [-0.4, -0.2) is 34.0 Å². The van der Waals surface area contributed by atoms with E-state index in [0.29, 0.717) is 17.5 Å². The molecule has 0 aliphatic rings. The van der Waals surface area contributed by atoms with E-state index in [1.165, 1.54) is 6.33 Å². The molecule has 0 amide bonds. The van der Waals surface area contributed by atoms with Gasteiger partial charge in [0, 0.05) is 25.9 Å². The monoisotopic (exact) mass is 318 g/mol. The van der Waals surface area contributed by atoms with Crippen molar-refractivity contribution < 1.29 is 4.42 Å². The summed E-state index contributed by atoms with van der Waals surface area (Å²) in [5.74, 6) is 6.64. The van der Waals surface area contributed by atoms with Gasteiger partial charge in [-0.1, -0.05) is 11.8 Å². The number of benzene rings is 1. The van der Waals surface area contributed by atoms with Crippen LogP contribution in [0.25, 0.3) is 22.1 Å². The Labute approximate surface area is 137 Å². The number of rotatable bonds is 1. The smallest absolute Gasteiger partial charge is 0.297 e. The molecule has 0 unspecified atom stereocenters. The molecule has 0 fully saturated rings. The molecule has 0 radical (unpaired) electrons. The summed E-state index contributed by atoms with van der Waals surface area (Å²) < 4.78 is 5.64. The number of nitrogens with one attached hydrogen (secondary N) is 1. The average molecular weight is 318 g/mol. The van der Waals surface area contributed by atoms with Crippen LogP contribution in [0.4, 0.5) is 11.8 Å². The molecule has 0 saturated heterocycles. The van der Waals surface area contributed by atoms with Crippen LogP contribution in [-0.2, 0) is 0 Å². The number of nitrogens with zero attached hydrogens (tertiary/aromatic N) is 4. The van der Waals surface area contributed by atoms with E-state index in [9.17, 15) is 0 Å². The zero-order chi connectivity index (χ0) is 16.7. The lowest BCUT2D eigenvalue weighted by Crippen LogP contribution is -2.08. The minimum Gasteiger partial charge on any atom is -0.423 e. The third kappa shape index (κ3) is 2.30. The first-order valence-electron chi connectivity index (χ1n) is 7.29. The van der Waals surface area contributed by atoms with E-state index in [0.717, 1.165) is 27.6 Å². The van der Waals surface area contributed by atoms with Crippen molar-refractivity contribution in [1.29, 1.82) is 0 Å². The van der Waals surface area contributed by atoms with Crippen LogP contribution in [0.2, 0.25) is 0 Å². The maximum absolute atomic E-state index is 5.91. The number of hydrogen-bond donors (Lipinski definition) is 2. The van der Waals surface area contributed by atoms with Crippen LogP contribution < -0.4 is 10.6 Å². The van der Waals surface area contributed by atoms with E-state index in [1.54, 1.807) is 6.20 Å². The van der Waals surface area contributed by atoms with E-state index >= 15 is 0 Å². The summed E-state index contributed by atoms with van der Waals surface area (Å²) in [6.45, 7) is 0. The number of aromatic nitrogens is 4. The van der Waals surface area contributed by atoms with E-state index in [2.05, 4.69) is 31.8 Å². The molecule has 7 heteroatoms. The lowest BCUT2D eigenvalue weighted by Gasteiger charge is -2.03. The fourth-order valence-corrected chi connectivity index (χ4v) is 2.41. The summed E-state index contributed by atoms with van der Waals surface area (Å²) >= 11 is 0. The molecule has 3 heterocycles. The van der Waals surface area contributed by atoms with Gasteiger partial charge in [0.25, 0.3) is 6.01 Å². The first-order valence-corrected chi connectivity index (χ1v) is 7.29. The SMILES string of the molecule is CN(C)c1nc2cc(C#Cc3c[nH]c4ncnc(N)c34)ccc2o1. The highest BCUT2D eigenvalue weighted by Gasteiger charge is 2.08. The summed E-state index contributed by atoms with van der Waals surface area (Å²) in [6.07, 6.45) is 3.20. The topological polar surface area (TPSA) is 96.9 Å². The Morgan fingerprint density at radius 2 is 2.08 bits per heavy atom. The fourth-order valence-electron chi connectivity index (χ4n) is 2.41. The first kappa shape index (κ1) is 14.1. The van der Waals surface area contributed by atoms with Crippen LogP contribution in [0.5, 0.6) is 0 Å². The molecule has 7 nitrogen and oxygen atoms in total. The van der Waals surface area contributed by atoms with Crippen LogP contribution in [0.1, 0.15) is 11.1 Å². The van der Waals surface area contributed by atoms with Gasteiger partial charge in [0.05, 0.1) is 10.9 Å². The molecule has 0 atom stereocenters. The molecule has 0 bridgehead atoms. The van der Waals surface area contributed by atoms with Crippen molar-refractivity contribution >= 4 is 34.0 Å². The van der Waals surface area contributed by atoms with Crippen molar-refractivity contribution in [3.8, 4) is 11.8 Å². The van der Waals surface area contributed by atoms with Crippen molar-refractivity contribution in [2.24, 2.45) is 0 Å². The molecule has 24 heavy (non-hydrogen) atoms. The zero-order valence-electron chi connectivity index (χ0n) is 13.2. The fraction of sp³-hybridized carbons (Fsp3) is 0.118. The van der Waals surface area contributed by atoms with Gasteiger partial charge in [0.1, 0.15) is 23.3 Å².